The number of anilines is 1. The van der Waals surface area contributed by atoms with E-state index in [1.165, 1.54) is 6.07 Å². The van der Waals surface area contributed by atoms with E-state index in [1.54, 1.807) is 24.3 Å². The first-order valence-electron chi connectivity index (χ1n) is 5.79. The van der Waals surface area contributed by atoms with Gasteiger partial charge < -0.3 is 15.8 Å². The van der Waals surface area contributed by atoms with Gasteiger partial charge in [-0.05, 0) is 23.3 Å². The van der Waals surface area contributed by atoms with Gasteiger partial charge in [-0.2, -0.15) is 0 Å². The molecule has 7 nitrogen and oxygen atoms in total. The molecule has 0 bridgehead atoms. The Hall–Kier alpha value is -2.64. The summed E-state index contributed by atoms with van der Waals surface area (Å²) in [5.41, 5.74) is 7.40. The minimum atomic E-state index is -0.696. The van der Waals surface area contributed by atoms with E-state index in [2.05, 4.69) is 4.98 Å². The summed E-state index contributed by atoms with van der Waals surface area (Å²) in [6, 6.07) is 8.59. The van der Waals surface area contributed by atoms with Crippen LogP contribution in [-0.4, -0.2) is 22.4 Å². The van der Waals surface area contributed by atoms with Crippen LogP contribution in [0.25, 0.3) is 11.3 Å². The maximum Gasteiger partial charge on any atom is 0.252 e. The molecule has 0 aliphatic carbocycles. The van der Waals surface area contributed by atoms with Gasteiger partial charge in [0.15, 0.2) is 0 Å². The number of primary amides is 1. The molecule has 1 heterocycles. The number of hydrogen-bond acceptors (Lipinski definition) is 4. The Morgan fingerprint density at radius 2 is 2.15 bits per heavy atom. The molecule has 2 aromatic rings. The molecule has 0 unspecified atom stereocenters. The number of carbonyl (C=O) groups excluding carboxylic acids is 2. The van der Waals surface area contributed by atoms with Gasteiger partial charge in [0.1, 0.15) is 5.82 Å². The summed E-state index contributed by atoms with van der Waals surface area (Å²) >= 11 is 0. The molecule has 104 valence electrons. The third-order valence-electron chi connectivity index (χ3n) is 2.85. The first-order chi connectivity index (χ1) is 9.56. The van der Waals surface area contributed by atoms with Gasteiger partial charge in [-0.25, -0.2) is 10.9 Å². The van der Waals surface area contributed by atoms with E-state index < -0.39 is 5.91 Å². The highest BCUT2D eigenvalue weighted by atomic mass is 16.3. The minimum Gasteiger partial charge on any atom is -0.392 e. The van der Waals surface area contributed by atoms with Crippen molar-refractivity contribution in [2.75, 3.05) is 5.01 Å². The Bertz CT molecular complexity index is 651. The molecule has 0 saturated heterocycles. The number of aliphatic hydroxyl groups excluding tert-OH is 1. The number of nitrogens with two attached hydrogens (primary N) is 2. The van der Waals surface area contributed by atoms with E-state index in [0.717, 1.165) is 16.1 Å². The number of rotatable bonds is 5. The molecule has 0 radical (unpaired) electrons. The van der Waals surface area contributed by atoms with E-state index in [0.29, 0.717) is 12.1 Å². The van der Waals surface area contributed by atoms with Gasteiger partial charge in [-0.1, -0.05) is 18.2 Å². The van der Waals surface area contributed by atoms with E-state index in [9.17, 15) is 9.59 Å². The average molecular weight is 274 g/mol. The first-order valence-corrected chi connectivity index (χ1v) is 5.79. The van der Waals surface area contributed by atoms with Crippen molar-refractivity contribution in [1.29, 1.82) is 0 Å². The lowest BCUT2D eigenvalue weighted by Crippen LogP contribution is -2.31. The van der Waals surface area contributed by atoms with E-state index in [-0.39, 0.29) is 18.0 Å². The van der Waals surface area contributed by atoms with Gasteiger partial charge in [0.05, 0.1) is 12.2 Å². The molecule has 2 amide bonds. The Morgan fingerprint density at radius 1 is 1.40 bits per heavy atom. The van der Waals surface area contributed by atoms with Crippen molar-refractivity contribution >= 4 is 18.1 Å². The summed E-state index contributed by atoms with van der Waals surface area (Å²) in [5.74, 6) is 4.89. The van der Waals surface area contributed by atoms with Crippen LogP contribution in [0.15, 0.2) is 30.3 Å². The van der Waals surface area contributed by atoms with Crippen molar-refractivity contribution in [1.82, 2.24) is 4.98 Å². The zero-order valence-corrected chi connectivity index (χ0v) is 10.5. The second-order valence-corrected chi connectivity index (χ2v) is 4.18. The highest BCUT2D eigenvalue weighted by Gasteiger charge is 2.17. The number of benzene rings is 1. The van der Waals surface area contributed by atoms with Crippen LogP contribution in [0.2, 0.25) is 0 Å². The zero-order valence-electron chi connectivity index (χ0n) is 10.5. The second-order valence-electron chi connectivity index (χ2n) is 4.18. The van der Waals surface area contributed by atoms with Crippen molar-refractivity contribution in [2.45, 2.75) is 6.61 Å². The van der Waals surface area contributed by atoms with Crippen molar-refractivity contribution < 1.29 is 14.7 Å². The Labute approximate surface area is 114 Å². The smallest absolute Gasteiger partial charge is 0.252 e. The van der Waals surface area contributed by atoms with Crippen molar-refractivity contribution in [3.05, 3.63) is 41.5 Å². The van der Waals surface area contributed by atoms with Gasteiger partial charge in [-0.15, -0.1) is 0 Å². The van der Waals surface area contributed by atoms with Crippen LogP contribution >= 0.6 is 0 Å². The van der Waals surface area contributed by atoms with Crippen molar-refractivity contribution in [3.63, 3.8) is 0 Å². The highest BCUT2D eigenvalue weighted by Crippen LogP contribution is 2.26. The summed E-state index contributed by atoms with van der Waals surface area (Å²) in [5, 5.41) is 9.87. The number of H-pyrrole nitrogens is 1. The molecule has 0 atom stereocenters. The molecule has 6 N–H and O–H groups in total. The van der Waals surface area contributed by atoms with Crippen LogP contribution in [-0.2, 0) is 11.4 Å². The fourth-order valence-corrected chi connectivity index (χ4v) is 1.88. The van der Waals surface area contributed by atoms with Gasteiger partial charge in [0.25, 0.3) is 5.91 Å². The molecular formula is C13H14N4O3. The summed E-state index contributed by atoms with van der Waals surface area (Å²) < 4.78 is 0. The monoisotopic (exact) mass is 274 g/mol. The Kier molecular flexibility index (Phi) is 3.83. The molecule has 0 aliphatic rings. The Balaban J connectivity index is 2.52. The fourth-order valence-electron chi connectivity index (χ4n) is 1.88. The SMILES string of the molecule is NC(=O)c1cc(-c2cccc(CO)c2)[nH]c1N(N)C=O. The molecule has 7 heteroatoms. The van der Waals surface area contributed by atoms with Gasteiger partial charge in [-0.3, -0.25) is 9.59 Å². The van der Waals surface area contributed by atoms with Crippen molar-refractivity contribution in [2.24, 2.45) is 11.6 Å². The molecule has 0 fully saturated rings. The predicted molar refractivity (Wildman–Crippen MR) is 73.4 cm³/mol. The maximum atomic E-state index is 11.4. The molecular weight excluding hydrogens is 260 g/mol. The second kappa shape index (κ2) is 5.55. The number of nitrogens with one attached hydrogen (secondary N) is 1. The number of aromatic nitrogens is 1. The molecule has 2 rings (SSSR count). The molecule has 0 aliphatic heterocycles. The lowest BCUT2D eigenvalue weighted by molar-refractivity contribution is -0.107. The van der Waals surface area contributed by atoms with E-state index >= 15 is 0 Å². The number of hydrazine groups is 1. The quantitative estimate of drug-likeness (QED) is 0.267. The maximum absolute atomic E-state index is 11.4. The van der Waals surface area contributed by atoms with Crippen LogP contribution in [0.3, 0.4) is 0 Å². The highest BCUT2D eigenvalue weighted by molar-refractivity contribution is 6.01. The largest absolute Gasteiger partial charge is 0.392 e. The van der Waals surface area contributed by atoms with Crippen LogP contribution in [0.5, 0.6) is 0 Å². The predicted octanol–water partition coefficient (Wildman–Crippen LogP) is 0.109. The number of nitrogens with zero attached hydrogens (tertiary/aromatic N) is 1. The fraction of sp³-hybridized carbons (Fsp3) is 0.0769. The normalized spacial score (nSPS) is 10.3. The van der Waals surface area contributed by atoms with Crippen LogP contribution in [0.1, 0.15) is 15.9 Å². The zero-order chi connectivity index (χ0) is 14.7. The van der Waals surface area contributed by atoms with E-state index in [1.807, 2.05) is 0 Å². The molecule has 1 aromatic heterocycles. The average Bonchev–Trinajstić information content (AvgIpc) is 2.92. The van der Waals surface area contributed by atoms with Crippen molar-refractivity contribution in [3.8, 4) is 11.3 Å². The van der Waals surface area contributed by atoms with Crippen LogP contribution in [0, 0.1) is 0 Å². The third kappa shape index (κ3) is 2.53. The standard InChI is InChI=1S/C13H14N4O3/c14-12(20)10-5-11(16-13(10)17(15)7-19)9-3-1-2-8(4-9)6-18/h1-5,7,16,18H,6,15H2,(H2,14,20). The first kappa shape index (κ1) is 13.8. The summed E-state index contributed by atoms with van der Waals surface area (Å²) in [6.07, 6.45) is 0.367. The molecule has 0 spiro atoms. The number of aliphatic hydroxyl groups is 1. The lowest BCUT2D eigenvalue weighted by atomic mass is 10.1. The molecule has 0 saturated carbocycles. The number of amides is 2. The van der Waals surface area contributed by atoms with Crippen LogP contribution in [0.4, 0.5) is 5.82 Å². The lowest BCUT2D eigenvalue weighted by Gasteiger charge is -2.08. The van der Waals surface area contributed by atoms with E-state index in [4.69, 9.17) is 16.7 Å². The molecule has 1 aromatic carbocycles. The third-order valence-corrected chi connectivity index (χ3v) is 2.85. The summed E-state index contributed by atoms with van der Waals surface area (Å²) in [6.45, 7) is -0.0958. The minimum absolute atomic E-state index is 0.0958. The van der Waals surface area contributed by atoms with Gasteiger partial charge >= 0.3 is 0 Å². The number of carbonyl (C=O) groups is 2. The topological polar surface area (TPSA) is 125 Å². The number of hydrogen-bond donors (Lipinski definition) is 4. The van der Waals surface area contributed by atoms with Gasteiger partial charge in [0.2, 0.25) is 6.41 Å². The van der Waals surface area contributed by atoms with Gasteiger partial charge in [0, 0.05) is 5.69 Å². The number of aromatic amines is 1. The van der Waals surface area contributed by atoms with Crippen LogP contribution < -0.4 is 16.6 Å². The summed E-state index contributed by atoms with van der Waals surface area (Å²) in [7, 11) is 0. The Morgan fingerprint density at radius 3 is 2.75 bits per heavy atom. The molecule has 20 heavy (non-hydrogen) atoms. The summed E-state index contributed by atoms with van der Waals surface area (Å²) in [4.78, 5) is 25.0.